The van der Waals surface area contributed by atoms with Crippen LogP contribution in [0, 0.1) is 12.7 Å². The third kappa shape index (κ3) is 2.55. The van der Waals surface area contributed by atoms with Gasteiger partial charge in [0.05, 0.1) is 13.2 Å². The molecule has 1 fully saturated rings. The summed E-state index contributed by atoms with van der Waals surface area (Å²) in [6.45, 7) is 7.28. The summed E-state index contributed by atoms with van der Waals surface area (Å²) in [5, 5.41) is 0. The van der Waals surface area contributed by atoms with E-state index < -0.39 is 0 Å². The van der Waals surface area contributed by atoms with Gasteiger partial charge in [-0.25, -0.2) is 4.39 Å². The van der Waals surface area contributed by atoms with Crippen molar-refractivity contribution in [2.24, 2.45) is 0 Å². The predicted molar refractivity (Wildman–Crippen MR) is 56.9 cm³/mol. The van der Waals surface area contributed by atoms with Gasteiger partial charge in [0.25, 0.3) is 0 Å². The van der Waals surface area contributed by atoms with E-state index in [1.165, 1.54) is 6.07 Å². The van der Waals surface area contributed by atoms with Crippen molar-refractivity contribution in [2.75, 3.05) is 26.3 Å². The lowest BCUT2D eigenvalue weighted by Crippen LogP contribution is -2.38. The highest BCUT2D eigenvalue weighted by Gasteiger charge is 2.18. The average Bonchev–Trinajstić information content (AvgIpc) is 2.29. The molecule has 1 radical (unpaired) electrons. The number of morpholine rings is 1. The molecule has 1 aliphatic heterocycles. The summed E-state index contributed by atoms with van der Waals surface area (Å²) in [6.07, 6.45) is 0. The molecule has 0 N–H and O–H groups in total. The number of nitrogens with zero attached hydrogens (tertiary/aromatic N) is 1. The lowest BCUT2D eigenvalue weighted by atomic mass is 10.1. The number of halogens is 1. The van der Waals surface area contributed by atoms with Crippen molar-refractivity contribution < 1.29 is 9.13 Å². The van der Waals surface area contributed by atoms with E-state index in [4.69, 9.17) is 4.74 Å². The summed E-state index contributed by atoms with van der Waals surface area (Å²) in [5.74, 6) is -0.200. The highest BCUT2D eigenvalue weighted by atomic mass is 19.1. The van der Waals surface area contributed by atoms with Gasteiger partial charge in [-0.15, -0.1) is 0 Å². The molecule has 81 valence electrons. The summed E-state index contributed by atoms with van der Waals surface area (Å²) in [4.78, 5) is 2.21. The Bertz CT molecular complexity index is 323. The molecule has 2 nitrogen and oxygen atoms in total. The Kier molecular flexibility index (Phi) is 3.34. The SMILES string of the molecule is [CH2]C(c1cccc(F)c1)N1CCOCC1. The number of rotatable bonds is 2. The second kappa shape index (κ2) is 4.73. The Morgan fingerprint density at radius 2 is 2.07 bits per heavy atom. The first kappa shape index (κ1) is 10.6. The van der Waals surface area contributed by atoms with E-state index in [9.17, 15) is 4.39 Å². The Hall–Kier alpha value is -0.930. The summed E-state index contributed by atoms with van der Waals surface area (Å²) < 4.78 is 18.3. The molecule has 15 heavy (non-hydrogen) atoms. The molecule has 1 aliphatic rings. The molecule has 0 aromatic heterocycles. The molecule has 0 bridgehead atoms. The molecule has 1 heterocycles. The molecule has 0 spiro atoms. The summed E-state index contributed by atoms with van der Waals surface area (Å²) >= 11 is 0. The quantitative estimate of drug-likeness (QED) is 0.737. The number of hydrogen-bond donors (Lipinski definition) is 0. The van der Waals surface area contributed by atoms with Crippen LogP contribution in [-0.4, -0.2) is 31.2 Å². The second-order valence-electron chi connectivity index (χ2n) is 3.72. The lowest BCUT2D eigenvalue weighted by Gasteiger charge is -2.32. The highest BCUT2D eigenvalue weighted by Crippen LogP contribution is 2.20. The number of ether oxygens (including phenoxy) is 1. The van der Waals surface area contributed by atoms with Crippen LogP contribution in [0.5, 0.6) is 0 Å². The van der Waals surface area contributed by atoms with E-state index in [-0.39, 0.29) is 11.9 Å². The zero-order chi connectivity index (χ0) is 10.7. The van der Waals surface area contributed by atoms with Gasteiger partial charge < -0.3 is 4.74 Å². The van der Waals surface area contributed by atoms with Crippen LogP contribution in [0.15, 0.2) is 24.3 Å². The van der Waals surface area contributed by atoms with Crippen molar-refractivity contribution in [3.8, 4) is 0 Å². The molecule has 2 rings (SSSR count). The average molecular weight is 208 g/mol. The number of hydrogen-bond acceptors (Lipinski definition) is 2. The minimum absolute atomic E-state index is 0.0181. The monoisotopic (exact) mass is 208 g/mol. The third-order valence-electron chi connectivity index (χ3n) is 2.72. The fourth-order valence-corrected chi connectivity index (χ4v) is 1.81. The van der Waals surface area contributed by atoms with Crippen LogP contribution in [0.4, 0.5) is 4.39 Å². The van der Waals surface area contributed by atoms with E-state index >= 15 is 0 Å². The van der Waals surface area contributed by atoms with Gasteiger partial charge in [-0.2, -0.15) is 0 Å². The summed E-state index contributed by atoms with van der Waals surface area (Å²) in [7, 11) is 0. The van der Waals surface area contributed by atoms with Crippen molar-refractivity contribution in [3.63, 3.8) is 0 Å². The van der Waals surface area contributed by atoms with Crippen molar-refractivity contribution >= 4 is 0 Å². The fraction of sp³-hybridized carbons (Fsp3) is 0.417. The molecular weight excluding hydrogens is 193 g/mol. The topological polar surface area (TPSA) is 12.5 Å². The Balaban J connectivity index is 2.08. The maximum atomic E-state index is 13.0. The van der Waals surface area contributed by atoms with Gasteiger partial charge in [-0.3, -0.25) is 4.90 Å². The third-order valence-corrected chi connectivity index (χ3v) is 2.72. The van der Waals surface area contributed by atoms with Crippen molar-refractivity contribution in [2.45, 2.75) is 6.04 Å². The van der Waals surface area contributed by atoms with Gasteiger partial charge in [0.15, 0.2) is 0 Å². The maximum Gasteiger partial charge on any atom is 0.123 e. The Morgan fingerprint density at radius 1 is 1.33 bits per heavy atom. The van der Waals surface area contributed by atoms with Crippen LogP contribution >= 0.6 is 0 Å². The minimum atomic E-state index is -0.200. The van der Waals surface area contributed by atoms with E-state index in [1.807, 2.05) is 6.07 Å². The van der Waals surface area contributed by atoms with Crippen LogP contribution in [-0.2, 0) is 4.74 Å². The van der Waals surface area contributed by atoms with Gasteiger partial charge in [0, 0.05) is 19.1 Å². The molecule has 1 unspecified atom stereocenters. The van der Waals surface area contributed by atoms with Crippen molar-refractivity contribution in [1.29, 1.82) is 0 Å². The van der Waals surface area contributed by atoms with Gasteiger partial charge in [0.1, 0.15) is 5.82 Å². The van der Waals surface area contributed by atoms with Gasteiger partial charge in [-0.1, -0.05) is 12.1 Å². The summed E-state index contributed by atoms with van der Waals surface area (Å²) in [6, 6.07) is 6.66. The van der Waals surface area contributed by atoms with E-state index in [1.54, 1.807) is 12.1 Å². The maximum absolute atomic E-state index is 13.0. The van der Waals surface area contributed by atoms with Crippen LogP contribution in [0.2, 0.25) is 0 Å². The van der Waals surface area contributed by atoms with Crippen LogP contribution in [0.25, 0.3) is 0 Å². The highest BCUT2D eigenvalue weighted by molar-refractivity contribution is 5.21. The smallest absolute Gasteiger partial charge is 0.123 e. The standard InChI is InChI=1S/C12H15FNO/c1-10(14-5-7-15-8-6-14)11-3-2-4-12(13)9-11/h2-4,9-10H,1,5-8H2. The Morgan fingerprint density at radius 3 is 2.73 bits per heavy atom. The van der Waals surface area contributed by atoms with Gasteiger partial charge >= 0.3 is 0 Å². The molecule has 0 saturated carbocycles. The van der Waals surface area contributed by atoms with Crippen molar-refractivity contribution in [3.05, 3.63) is 42.6 Å². The molecular formula is C12H15FNO. The zero-order valence-electron chi connectivity index (χ0n) is 8.66. The first-order chi connectivity index (χ1) is 7.27. The van der Waals surface area contributed by atoms with Crippen molar-refractivity contribution in [1.82, 2.24) is 4.90 Å². The molecule has 1 atom stereocenters. The lowest BCUT2D eigenvalue weighted by molar-refractivity contribution is 0.0247. The molecule has 1 aromatic carbocycles. The van der Waals surface area contributed by atoms with E-state index in [2.05, 4.69) is 11.8 Å². The second-order valence-corrected chi connectivity index (χ2v) is 3.72. The van der Waals surface area contributed by atoms with Gasteiger partial charge in [-0.05, 0) is 24.6 Å². The predicted octanol–water partition coefficient (Wildman–Crippen LogP) is 2.03. The van der Waals surface area contributed by atoms with E-state index in [0.29, 0.717) is 0 Å². The van der Waals surface area contributed by atoms with Crippen LogP contribution < -0.4 is 0 Å². The summed E-state index contributed by atoms with van der Waals surface area (Å²) in [5.41, 5.74) is 0.928. The number of benzene rings is 1. The van der Waals surface area contributed by atoms with Crippen LogP contribution in [0.3, 0.4) is 0 Å². The largest absolute Gasteiger partial charge is 0.379 e. The molecule has 0 amide bonds. The van der Waals surface area contributed by atoms with Gasteiger partial charge in [0.2, 0.25) is 0 Å². The minimum Gasteiger partial charge on any atom is -0.379 e. The van der Waals surface area contributed by atoms with Crippen LogP contribution in [0.1, 0.15) is 11.6 Å². The van der Waals surface area contributed by atoms with E-state index in [0.717, 1.165) is 31.9 Å². The molecule has 0 aliphatic carbocycles. The first-order valence-electron chi connectivity index (χ1n) is 5.18. The Labute approximate surface area is 89.7 Å². The zero-order valence-corrected chi connectivity index (χ0v) is 8.66. The first-order valence-corrected chi connectivity index (χ1v) is 5.18. The molecule has 3 heteroatoms. The molecule has 1 aromatic rings. The molecule has 1 saturated heterocycles. The fourth-order valence-electron chi connectivity index (χ4n) is 1.81. The normalized spacial score (nSPS) is 20.1.